The first-order valence-electron chi connectivity index (χ1n) is 8.18. The molecule has 0 aromatic heterocycles. The van der Waals surface area contributed by atoms with E-state index in [0.29, 0.717) is 5.69 Å². The van der Waals surface area contributed by atoms with Crippen molar-refractivity contribution in [3.63, 3.8) is 0 Å². The van der Waals surface area contributed by atoms with Crippen LogP contribution in [0.2, 0.25) is 5.02 Å². The third kappa shape index (κ3) is 5.30. The Kier molecular flexibility index (Phi) is 6.62. The van der Waals surface area contributed by atoms with Crippen molar-refractivity contribution in [2.45, 2.75) is 25.2 Å². The maximum atomic E-state index is 12.2. The number of nitrogens with one attached hydrogen (secondary N) is 1. The number of hydrogen-bond donors (Lipinski definition) is 1. The van der Waals surface area contributed by atoms with E-state index < -0.39 is 28.3 Å². The number of para-hydroxylation sites is 1. The highest BCUT2D eigenvalue weighted by Gasteiger charge is 2.18. The van der Waals surface area contributed by atoms with Gasteiger partial charge in [-0.1, -0.05) is 36.7 Å². The molecule has 0 aliphatic heterocycles. The van der Waals surface area contributed by atoms with Gasteiger partial charge in [0.15, 0.2) is 16.4 Å². The van der Waals surface area contributed by atoms with Crippen molar-refractivity contribution in [3.8, 4) is 0 Å². The molecule has 1 N–H and O–H groups in total. The Labute approximate surface area is 163 Å². The van der Waals surface area contributed by atoms with Crippen LogP contribution in [0.5, 0.6) is 0 Å². The van der Waals surface area contributed by atoms with Gasteiger partial charge in [0.05, 0.1) is 15.5 Å². The average molecular weight is 410 g/mol. The fourth-order valence-electron chi connectivity index (χ4n) is 2.48. The van der Waals surface area contributed by atoms with Crippen LogP contribution in [-0.4, -0.2) is 33.2 Å². The van der Waals surface area contributed by atoms with Crippen molar-refractivity contribution in [2.75, 3.05) is 18.2 Å². The summed E-state index contributed by atoms with van der Waals surface area (Å²) in [4.78, 5) is 24.3. The first-order chi connectivity index (χ1) is 12.6. The number of sulfone groups is 1. The number of benzene rings is 2. The molecule has 0 radical (unpaired) electrons. The maximum Gasteiger partial charge on any atom is 0.340 e. The lowest BCUT2D eigenvalue weighted by Gasteiger charge is -2.13. The van der Waals surface area contributed by atoms with Crippen LogP contribution < -0.4 is 5.32 Å². The number of esters is 1. The smallest absolute Gasteiger partial charge is 0.340 e. The fourth-order valence-corrected chi connectivity index (χ4v) is 3.32. The van der Waals surface area contributed by atoms with Crippen LogP contribution in [-0.2, 0) is 25.8 Å². The van der Waals surface area contributed by atoms with Crippen LogP contribution in [0.25, 0.3) is 0 Å². The zero-order valence-corrected chi connectivity index (χ0v) is 16.8. The van der Waals surface area contributed by atoms with E-state index in [4.69, 9.17) is 16.3 Å². The lowest BCUT2D eigenvalue weighted by molar-refractivity contribution is -0.119. The first kappa shape index (κ1) is 20.9. The van der Waals surface area contributed by atoms with Gasteiger partial charge in [0, 0.05) is 11.9 Å². The highest BCUT2D eigenvalue weighted by molar-refractivity contribution is 7.90. The Morgan fingerprint density at radius 3 is 2.52 bits per heavy atom. The van der Waals surface area contributed by atoms with Crippen LogP contribution >= 0.6 is 11.6 Å². The van der Waals surface area contributed by atoms with Gasteiger partial charge in [-0.3, -0.25) is 4.79 Å². The summed E-state index contributed by atoms with van der Waals surface area (Å²) in [7, 11) is -3.51. The average Bonchev–Trinajstić information content (AvgIpc) is 2.60. The summed E-state index contributed by atoms with van der Waals surface area (Å²) in [6.45, 7) is 3.33. The molecule has 144 valence electrons. The number of carbonyl (C=O) groups excluding carboxylic acids is 2. The van der Waals surface area contributed by atoms with Crippen molar-refractivity contribution < 1.29 is 22.7 Å². The van der Waals surface area contributed by atoms with Gasteiger partial charge in [-0.05, 0) is 42.7 Å². The highest BCUT2D eigenvalue weighted by Crippen LogP contribution is 2.22. The molecule has 0 atom stereocenters. The van der Waals surface area contributed by atoms with Crippen LogP contribution in [0.1, 0.15) is 28.4 Å². The molecule has 2 aromatic rings. The maximum absolute atomic E-state index is 12.2. The van der Waals surface area contributed by atoms with Gasteiger partial charge in [0.1, 0.15) is 0 Å². The van der Waals surface area contributed by atoms with Crippen molar-refractivity contribution in [1.29, 1.82) is 0 Å². The number of ether oxygens (including phenoxy) is 1. The molecular formula is C19H20ClNO5S. The van der Waals surface area contributed by atoms with E-state index in [9.17, 15) is 18.0 Å². The second-order valence-electron chi connectivity index (χ2n) is 6.00. The molecule has 27 heavy (non-hydrogen) atoms. The van der Waals surface area contributed by atoms with Crippen LogP contribution in [0.3, 0.4) is 0 Å². The fraction of sp³-hybridized carbons (Fsp3) is 0.263. The monoisotopic (exact) mass is 409 g/mol. The van der Waals surface area contributed by atoms with E-state index in [1.807, 2.05) is 32.0 Å². The molecule has 2 rings (SSSR count). The standard InChI is InChI=1S/C19H20ClNO5S/c1-4-13-7-5-6-12(2)18(13)21-17(22)11-26-19(23)15-10-14(27(3,24)25)8-9-16(15)20/h5-10H,4,11H2,1-3H3,(H,21,22). The normalized spacial score (nSPS) is 11.1. The molecule has 0 unspecified atom stereocenters. The summed E-state index contributed by atoms with van der Waals surface area (Å²) in [5.41, 5.74) is 2.45. The number of rotatable bonds is 6. The molecule has 0 saturated heterocycles. The Morgan fingerprint density at radius 2 is 1.89 bits per heavy atom. The molecule has 8 heteroatoms. The Balaban J connectivity index is 2.09. The molecule has 0 bridgehead atoms. The summed E-state index contributed by atoms with van der Waals surface area (Å²) in [5, 5.41) is 2.78. The molecule has 1 amide bonds. The number of hydrogen-bond acceptors (Lipinski definition) is 5. The molecule has 0 aliphatic carbocycles. The minimum atomic E-state index is -3.51. The minimum Gasteiger partial charge on any atom is -0.452 e. The zero-order valence-electron chi connectivity index (χ0n) is 15.2. The van der Waals surface area contributed by atoms with Crippen molar-refractivity contribution in [3.05, 3.63) is 58.1 Å². The van der Waals surface area contributed by atoms with Gasteiger partial charge in [0.2, 0.25) is 0 Å². The zero-order chi connectivity index (χ0) is 20.2. The van der Waals surface area contributed by atoms with Gasteiger partial charge >= 0.3 is 5.97 Å². The number of aryl methyl sites for hydroxylation is 2. The van der Waals surface area contributed by atoms with E-state index in [2.05, 4.69) is 5.32 Å². The minimum absolute atomic E-state index is 0.0416. The SMILES string of the molecule is CCc1cccc(C)c1NC(=O)COC(=O)c1cc(S(C)(=O)=O)ccc1Cl. The Morgan fingerprint density at radius 1 is 1.19 bits per heavy atom. The predicted octanol–water partition coefficient (Wildman–Crippen LogP) is 3.41. The van der Waals surface area contributed by atoms with Gasteiger partial charge in [0.25, 0.3) is 5.91 Å². The van der Waals surface area contributed by atoms with Gasteiger partial charge in [-0.25, -0.2) is 13.2 Å². The summed E-state index contributed by atoms with van der Waals surface area (Å²) in [5.74, 6) is -1.37. The molecule has 6 nitrogen and oxygen atoms in total. The third-order valence-corrected chi connectivity index (χ3v) is 5.36. The molecule has 0 spiro atoms. The number of carbonyl (C=O) groups is 2. The Bertz CT molecular complexity index is 986. The number of halogens is 1. The largest absolute Gasteiger partial charge is 0.452 e. The third-order valence-electron chi connectivity index (χ3n) is 3.92. The Hall–Kier alpha value is -2.38. The summed E-state index contributed by atoms with van der Waals surface area (Å²) in [6.07, 6.45) is 1.76. The predicted molar refractivity (Wildman–Crippen MR) is 104 cm³/mol. The lowest BCUT2D eigenvalue weighted by Crippen LogP contribution is -2.22. The van der Waals surface area contributed by atoms with E-state index in [0.717, 1.165) is 29.9 Å². The second kappa shape index (κ2) is 8.54. The summed E-state index contributed by atoms with van der Waals surface area (Å²) >= 11 is 5.95. The van der Waals surface area contributed by atoms with Gasteiger partial charge in [-0.15, -0.1) is 0 Å². The lowest BCUT2D eigenvalue weighted by atomic mass is 10.1. The second-order valence-corrected chi connectivity index (χ2v) is 8.42. The first-order valence-corrected chi connectivity index (χ1v) is 10.5. The van der Waals surface area contributed by atoms with Crippen molar-refractivity contribution in [1.82, 2.24) is 0 Å². The molecule has 0 fully saturated rings. The van der Waals surface area contributed by atoms with Gasteiger partial charge in [-0.2, -0.15) is 0 Å². The van der Waals surface area contributed by atoms with E-state index >= 15 is 0 Å². The molecule has 0 heterocycles. The van der Waals surface area contributed by atoms with E-state index in [1.165, 1.54) is 12.1 Å². The quantitative estimate of drug-likeness (QED) is 0.738. The topological polar surface area (TPSA) is 89.5 Å². The molecule has 0 aliphatic rings. The van der Waals surface area contributed by atoms with Crippen LogP contribution in [0.4, 0.5) is 5.69 Å². The van der Waals surface area contributed by atoms with Crippen LogP contribution in [0.15, 0.2) is 41.3 Å². The molecule has 2 aromatic carbocycles. The van der Waals surface area contributed by atoms with E-state index in [-0.39, 0.29) is 15.5 Å². The summed E-state index contributed by atoms with van der Waals surface area (Å²) in [6, 6.07) is 9.42. The van der Waals surface area contributed by atoms with Crippen molar-refractivity contribution in [2.24, 2.45) is 0 Å². The number of amides is 1. The summed E-state index contributed by atoms with van der Waals surface area (Å²) < 4.78 is 28.2. The number of anilines is 1. The molecule has 0 saturated carbocycles. The van der Waals surface area contributed by atoms with Crippen molar-refractivity contribution >= 4 is 39.0 Å². The van der Waals surface area contributed by atoms with Gasteiger partial charge < -0.3 is 10.1 Å². The molecular weight excluding hydrogens is 390 g/mol. The van der Waals surface area contributed by atoms with Crippen LogP contribution in [0, 0.1) is 6.92 Å². The van der Waals surface area contributed by atoms with E-state index in [1.54, 1.807) is 0 Å². The highest BCUT2D eigenvalue weighted by atomic mass is 35.5.